The third-order valence-corrected chi connectivity index (χ3v) is 22.4. The lowest BCUT2D eigenvalue weighted by molar-refractivity contribution is -0.348. The third kappa shape index (κ3) is 12.7. The Labute approximate surface area is 501 Å². The van der Waals surface area contributed by atoms with Gasteiger partial charge in [-0.25, -0.2) is 0 Å². The molecule has 33 atom stereocenters. The topological polar surface area (TPSA) is 436 Å². The summed E-state index contributed by atoms with van der Waals surface area (Å²) < 4.78 is 59.5. The second kappa shape index (κ2) is 26.6. The number of hydrogen-bond acceptors (Lipinski definition) is 27. The minimum Gasteiger partial charge on any atom is -0.394 e. The molecule has 27 nitrogen and oxygen atoms in total. The minimum atomic E-state index is -1.77. The van der Waals surface area contributed by atoms with Crippen LogP contribution in [0.25, 0.3) is 0 Å². The lowest BCUT2D eigenvalue weighted by Crippen LogP contribution is -2.65. The number of ether oxygens (including phenoxy) is 10. The van der Waals surface area contributed by atoms with Gasteiger partial charge >= 0.3 is 0 Å². The Kier molecular flexibility index (Phi) is 21.3. The van der Waals surface area contributed by atoms with Gasteiger partial charge in [-0.1, -0.05) is 53.2 Å². The second-order valence-electron chi connectivity index (χ2n) is 28.2. The lowest BCUT2D eigenvalue weighted by atomic mass is 9.38. The maximum Gasteiger partial charge on any atom is 0.187 e. The number of fused-ring (bicyclic) bond motifs is 5. The Morgan fingerprint density at radius 2 is 1.14 bits per heavy atom. The van der Waals surface area contributed by atoms with Gasteiger partial charge in [0.2, 0.25) is 0 Å². The highest BCUT2D eigenvalue weighted by Gasteiger charge is 2.70. The van der Waals surface area contributed by atoms with Crippen molar-refractivity contribution in [2.75, 3.05) is 33.0 Å². The number of rotatable bonds is 19. The molecule has 5 aliphatic heterocycles. The van der Waals surface area contributed by atoms with Gasteiger partial charge in [-0.05, 0) is 99.7 Å². The molecule has 4 aliphatic carbocycles. The minimum absolute atomic E-state index is 0.0340. The van der Waals surface area contributed by atoms with Gasteiger partial charge in [0.15, 0.2) is 31.5 Å². The summed E-state index contributed by atoms with van der Waals surface area (Å²) in [7, 11) is 0. The van der Waals surface area contributed by atoms with Crippen molar-refractivity contribution in [2.45, 2.75) is 278 Å². The Morgan fingerprint density at radius 3 is 1.72 bits per heavy atom. The predicted molar refractivity (Wildman–Crippen MR) is 293 cm³/mol. The SMILES string of the molecule is C[C@H](CC[C@@H](O[C@H]1C[C@@H](O)[C@H](O[C@@H]2OC[C@@H](O)[C@H](O)[C@H]2O)[C@@H](CO[C@@H]2O[C@H](CO)[C@@H](O)[C@H](O)[C@H]2O)O1)C(C)(C)O)C1CC[C@@]2(C)C3CC=C4C(CC[C@H](O[C@@H]5O[C@H](CO[C@@H]6O[C@H](CO)[C@@H](O)[C@H](O)[C@H]6O)[C@@H](O)[C@H](O)[C@H]5O)C4(C)C)[C@]3(C)[C@H](O)C[C@]12C. The van der Waals surface area contributed by atoms with Crippen molar-refractivity contribution < 1.29 is 134 Å². The highest BCUT2D eigenvalue weighted by atomic mass is 16.8. The van der Waals surface area contributed by atoms with Crippen molar-refractivity contribution in [3.05, 3.63) is 11.6 Å². The van der Waals surface area contributed by atoms with Crippen LogP contribution in [-0.2, 0) is 47.4 Å². The van der Waals surface area contributed by atoms with Crippen LogP contribution >= 0.6 is 0 Å². The van der Waals surface area contributed by atoms with E-state index in [4.69, 9.17) is 47.4 Å². The van der Waals surface area contributed by atoms with E-state index in [0.717, 1.165) is 18.4 Å². The van der Waals surface area contributed by atoms with E-state index >= 15 is 0 Å². The Morgan fingerprint density at radius 1 is 0.593 bits per heavy atom. The molecule has 5 heterocycles. The van der Waals surface area contributed by atoms with Crippen LogP contribution in [0, 0.1) is 45.3 Å². The van der Waals surface area contributed by atoms with Crippen LogP contribution in [-0.4, -0.2) is 285 Å². The first-order valence-electron chi connectivity index (χ1n) is 30.9. The first kappa shape index (κ1) is 69.0. The van der Waals surface area contributed by atoms with Gasteiger partial charge in [-0.15, -0.1) is 0 Å². The van der Waals surface area contributed by atoms with Gasteiger partial charge in [0.25, 0.3) is 0 Å². The molecule has 3 saturated carbocycles. The number of allylic oxidation sites excluding steroid dienone is 1. The fourth-order valence-corrected chi connectivity index (χ4v) is 16.8. The van der Waals surface area contributed by atoms with E-state index in [1.165, 1.54) is 0 Å². The van der Waals surface area contributed by atoms with Crippen LogP contribution in [0.5, 0.6) is 0 Å². The van der Waals surface area contributed by atoms with Gasteiger partial charge in [-0.2, -0.15) is 0 Å². The molecule has 0 radical (unpaired) electrons. The molecule has 0 aromatic heterocycles. The molecule has 0 bridgehead atoms. The van der Waals surface area contributed by atoms with Crippen LogP contribution in [0.4, 0.5) is 0 Å². The van der Waals surface area contributed by atoms with Gasteiger partial charge in [0.1, 0.15) is 104 Å². The summed E-state index contributed by atoms with van der Waals surface area (Å²) in [4.78, 5) is 0. The molecule has 498 valence electrons. The van der Waals surface area contributed by atoms with Crippen LogP contribution in [0.15, 0.2) is 11.6 Å². The van der Waals surface area contributed by atoms with Crippen molar-refractivity contribution >= 4 is 0 Å². The number of hydrogen-bond donors (Lipinski definition) is 17. The van der Waals surface area contributed by atoms with E-state index in [9.17, 15) is 86.8 Å². The lowest BCUT2D eigenvalue weighted by Gasteiger charge is -2.67. The highest BCUT2D eigenvalue weighted by Crippen LogP contribution is 2.75. The first-order valence-corrected chi connectivity index (χ1v) is 30.9. The average molecular weight is 1240 g/mol. The maximum absolute atomic E-state index is 12.8. The Balaban J connectivity index is 0.850. The van der Waals surface area contributed by atoms with E-state index < -0.39 is 209 Å². The molecule has 9 rings (SSSR count). The molecule has 0 aromatic carbocycles. The average Bonchev–Trinajstić information content (AvgIpc) is 1.28. The van der Waals surface area contributed by atoms with Crippen LogP contribution in [0.3, 0.4) is 0 Å². The summed E-state index contributed by atoms with van der Waals surface area (Å²) in [6.45, 7) is 13.7. The van der Waals surface area contributed by atoms with Gasteiger partial charge < -0.3 is 134 Å². The zero-order valence-electron chi connectivity index (χ0n) is 50.5. The zero-order chi connectivity index (χ0) is 63.1. The summed E-state index contributed by atoms with van der Waals surface area (Å²) in [5.74, 6) is 0.294. The predicted octanol–water partition coefficient (Wildman–Crippen LogP) is -3.74. The maximum atomic E-state index is 12.8. The Hall–Kier alpha value is -1.34. The van der Waals surface area contributed by atoms with Crippen molar-refractivity contribution in [1.29, 1.82) is 0 Å². The molecule has 0 spiro atoms. The fourth-order valence-electron chi connectivity index (χ4n) is 16.8. The molecular formula is C59H100O27. The summed E-state index contributed by atoms with van der Waals surface area (Å²) in [6.07, 6.45) is -30.0. The number of aliphatic hydroxyl groups excluding tert-OH is 16. The largest absolute Gasteiger partial charge is 0.394 e. The molecule has 17 N–H and O–H groups in total. The Bertz CT molecular complexity index is 2260. The molecule has 8 fully saturated rings. The fraction of sp³-hybridized carbons (Fsp3) is 0.966. The molecule has 27 heteroatoms. The molecule has 3 unspecified atom stereocenters. The molecule has 9 aliphatic rings. The summed E-state index contributed by atoms with van der Waals surface area (Å²) >= 11 is 0. The van der Waals surface area contributed by atoms with Crippen molar-refractivity contribution in [2.24, 2.45) is 45.3 Å². The van der Waals surface area contributed by atoms with Crippen molar-refractivity contribution in [3.63, 3.8) is 0 Å². The molecule has 0 amide bonds. The van der Waals surface area contributed by atoms with Gasteiger partial charge in [-0.3, -0.25) is 0 Å². The monoisotopic (exact) mass is 1240 g/mol. The highest BCUT2D eigenvalue weighted by molar-refractivity contribution is 5.32. The molecule has 86 heavy (non-hydrogen) atoms. The van der Waals surface area contributed by atoms with Gasteiger partial charge in [0, 0.05) is 17.3 Å². The third-order valence-electron chi connectivity index (χ3n) is 22.4. The van der Waals surface area contributed by atoms with Crippen LogP contribution in [0.2, 0.25) is 0 Å². The quantitative estimate of drug-likeness (QED) is 0.0553. The van der Waals surface area contributed by atoms with E-state index in [1.54, 1.807) is 13.8 Å². The van der Waals surface area contributed by atoms with E-state index in [-0.39, 0.29) is 40.9 Å². The second-order valence-corrected chi connectivity index (χ2v) is 28.2. The standard InChI is InChI=1S/C59H100O27/c1-24(9-13-37(56(4,5)76)84-38-17-28(62)50(86-53-46(72)39(65)29(63)21-77-53)33(80-38)23-79-52-48(74)44(70)41(67)31(20-61)82-52)25-15-16-57(6)34-12-10-26-27(59(34,8)35(64)18-58(25,57)7)11-14-36(55(26,2)3)85-54-49(75)45(71)42(68)32(83-54)22-78-51-47(73)43(69)40(66)30(19-60)81-51/h10,24-25,27-54,60-76H,9,11-23H2,1-8H3/t24-,25?,27?,28-,29-,30-,31-,32-,33-,34?,35-,36+,37-,38+,39+,40-,41-,42-,43+,44+,45+,46-,47-,48-,49-,50+,51-,52-,53+,54+,57+,58-,59+/m1/s1. The smallest absolute Gasteiger partial charge is 0.187 e. The van der Waals surface area contributed by atoms with Crippen molar-refractivity contribution in [3.8, 4) is 0 Å². The normalized spacial score (nSPS) is 51.4. The summed E-state index contributed by atoms with van der Waals surface area (Å²) in [6, 6.07) is 0. The molecule has 5 saturated heterocycles. The van der Waals surface area contributed by atoms with E-state index in [2.05, 4.69) is 47.6 Å². The van der Waals surface area contributed by atoms with E-state index in [0.29, 0.717) is 38.5 Å². The van der Waals surface area contributed by atoms with E-state index in [1.807, 2.05) is 0 Å². The summed E-state index contributed by atoms with van der Waals surface area (Å²) in [5.41, 5.74) is -2.02. The zero-order valence-corrected chi connectivity index (χ0v) is 50.5. The molecule has 0 aromatic rings. The van der Waals surface area contributed by atoms with Gasteiger partial charge in [0.05, 0.1) is 63.1 Å². The van der Waals surface area contributed by atoms with Crippen LogP contribution < -0.4 is 0 Å². The number of aliphatic hydroxyl groups is 17. The van der Waals surface area contributed by atoms with Crippen molar-refractivity contribution in [1.82, 2.24) is 0 Å². The van der Waals surface area contributed by atoms with Crippen LogP contribution in [0.1, 0.15) is 113 Å². The first-order chi connectivity index (χ1) is 40.2. The summed E-state index contributed by atoms with van der Waals surface area (Å²) in [5, 5.41) is 183. The molecular weight excluding hydrogens is 1140 g/mol.